The maximum atomic E-state index is 12.7. The van der Waals surface area contributed by atoms with Gasteiger partial charge < -0.3 is 19.2 Å². The zero-order chi connectivity index (χ0) is 22.8. The molecule has 6 nitrogen and oxygen atoms in total. The number of carbonyl (C=O) groups excluding carboxylic acids is 1. The predicted molar refractivity (Wildman–Crippen MR) is 123 cm³/mol. The van der Waals surface area contributed by atoms with Crippen molar-refractivity contribution in [3.8, 4) is 5.75 Å². The smallest absolute Gasteiger partial charge is 0.326 e. The van der Waals surface area contributed by atoms with Crippen LogP contribution < -0.4 is 4.74 Å². The number of unbranched alkanes of at least 4 members (excludes halogenated alkanes) is 6. The quantitative estimate of drug-likeness (QED) is 0.351. The lowest BCUT2D eigenvalue weighted by Crippen LogP contribution is -2.48. The Balaban J connectivity index is 1.57. The van der Waals surface area contributed by atoms with Gasteiger partial charge >= 0.3 is 5.97 Å². The fraction of sp³-hybridized carbons (Fsp3) is 0.462. The number of rotatable bonds is 12. The third kappa shape index (κ3) is 6.74. The van der Waals surface area contributed by atoms with Crippen LogP contribution in [0.2, 0.25) is 0 Å². The molecule has 2 aromatic rings. The summed E-state index contributed by atoms with van der Waals surface area (Å²) in [6.45, 7) is 3.13. The Labute approximate surface area is 189 Å². The molecule has 0 radical (unpaired) electrons. The van der Waals surface area contributed by atoms with Gasteiger partial charge in [0, 0.05) is 19.0 Å². The number of fused-ring (bicyclic) bond motifs is 1. The minimum atomic E-state index is -1.00. The first kappa shape index (κ1) is 23.6. The molecule has 1 aromatic carbocycles. The number of carboxylic acid groups (broad SMARTS) is 1. The Morgan fingerprint density at radius 1 is 1.12 bits per heavy atom. The van der Waals surface area contributed by atoms with Crippen LogP contribution in [-0.4, -0.2) is 34.5 Å². The number of hydrogen-bond acceptors (Lipinski definition) is 4. The maximum Gasteiger partial charge on any atom is 0.326 e. The highest BCUT2D eigenvalue weighted by molar-refractivity contribution is 5.94. The van der Waals surface area contributed by atoms with Crippen molar-refractivity contribution in [1.82, 2.24) is 4.90 Å². The Morgan fingerprint density at radius 2 is 1.91 bits per heavy atom. The van der Waals surface area contributed by atoms with Gasteiger partial charge in [0.1, 0.15) is 17.6 Å². The molecule has 1 aromatic heterocycles. The molecule has 6 heteroatoms. The Kier molecular flexibility index (Phi) is 8.96. The van der Waals surface area contributed by atoms with Gasteiger partial charge in [-0.25, -0.2) is 4.79 Å². The minimum absolute atomic E-state index is 0.238. The SMILES string of the molecule is CCCCCCCCCOc1ccc2c(c1)CN(C(=O)/C=C/c1ccco1)[C@H](C(=O)O)C2. The van der Waals surface area contributed by atoms with Crippen LogP contribution in [-0.2, 0) is 22.6 Å². The Hall–Kier alpha value is -3.02. The van der Waals surface area contributed by atoms with Crippen LogP contribution in [0.1, 0.15) is 68.8 Å². The molecule has 3 rings (SSSR count). The second kappa shape index (κ2) is 12.1. The van der Waals surface area contributed by atoms with Gasteiger partial charge in [0.05, 0.1) is 12.9 Å². The molecule has 0 fully saturated rings. The summed E-state index contributed by atoms with van der Waals surface area (Å²) in [4.78, 5) is 25.9. The van der Waals surface area contributed by atoms with E-state index < -0.39 is 12.0 Å². The van der Waals surface area contributed by atoms with Crippen molar-refractivity contribution >= 4 is 18.0 Å². The third-order valence-corrected chi connectivity index (χ3v) is 5.83. The molecule has 1 aliphatic rings. The van der Waals surface area contributed by atoms with E-state index >= 15 is 0 Å². The predicted octanol–water partition coefficient (Wildman–Crippen LogP) is 5.46. The van der Waals surface area contributed by atoms with Crippen LogP contribution in [0.15, 0.2) is 47.1 Å². The highest BCUT2D eigenvalue weighted by Crippen LogP contribution is 2.28. The number of amides is 1. The van der Waals surface area contributed by atoms with Crippen molar-refractivity contribution in [2.45, 2.75) is 70.9 Å². The van der Waals surface area contributed by atoms with Gasteiger partial charge in [-0.15, -0.1) is 0 Å². The molecule has 0 bridgehead atoms. The molecule has 0 unspecified atom stereocenters. The topological polar surface area (TPSA) is 80.0 Å². The molecule has 32 heavy (non-hydrogen) atoms. The number of aliphatic carboxylic acids is 1. The lowest BCUT2D eigenvalue weighted by atomic mass is 9.93. The second-order valence-electron chi connectivity index (χ2n) is 8.27. The van der Waals surface area contributed by atoms with Crippen molar-refractivity contribution in [3.63, 3.8) is 0 Å². The van der Waals surface area contributed by atoms with Gasteiger partial charge in [-0.2, -0.15) is 0 Å². The monoisotopic (exact) mass is 439 g/mol. The van der Waals surface area contributed by atoms with Gasteiger partial charge in [-0.05, 0) is 47.9 Å². The second-order valence-corrected chi connectivity index (χ2v) is 8.27. The number of nitrogens with zero attached hydrogens (tertiary/aromatic N) is 1. The van der Waals surface area contributed by atoms with Crippen LogP contribution in [0, 0.1) is 0 Å². The first-order chi connectivity index (χ1) is 15.6. The fourth-order valence-corrected chi connectivity index (χ4v) is 3.99. The Bertz CT molecular complexity index is 903. The van der Waals surface area contributed by atoms with E-state index in [1.54, 1.807) is 18.2 Å². The summed E-state index contributed by atoms with van der Waals surface area (Å²) in [5.74, 6) is -0.0470. The first-order valence-corrected chi connectivity index (χ1v) is 11.6. The molecule has 0 saturated heterocycles. The van der Waals surface area contributed by atoms with E-state index in [4.69, 9.17) is 9.15 Å². The van der Waals surface area contributed by atoms with Crippen molar-refractivity contribution in [3.05, 3.63) is 59.6 Å². The summed E-state index contributed by atoms with van der Waals surface area (Å²) in [5.41, 5.74) is 1.87. The number of hydrogen-bond donors (Lipinski definition) is 1. The number of carbonyl (C=O) groups is 2. The normalized spacial score (nSPS) is 15.7. The van der Waals surface area contributed by atoms with E-state index in [0.29, 0.717) is 12.4 Å². The van der Waals surface area contributed by atoms with E-state index in [2.05, 4.69) is 6.92 Å². The van der Waals surface area contributed by atoms with Gasteiger partial charge in [0.2, 0.25) is 5.91 Å². The first-order valence-electron chi connectivity index (χ1n) is 11.6. The van der Waals surface area contributed by atoms with Crippen molar-refractivity contribution < 1.29 is 23.8 Å². The number of furan rings is 1. The van der Waals surface area contributed by atoms with Crippen molar-refractivity contribution in [2.24, 2.45) is 0 Å². The molecule has 0 spiro atoms. The molecule has 1 amide bonds. The largest absolute Gasteiger partial charge is 0.494 e. The van der Waals surface area contributed by atoms with Crippen molar-refractivity contribution in [2.75, 3.05) is 6.61 Å². The van der Waals surface area contributed by atoms with Crippen LogP contribution >= 0.6 is 0 Å². The summed E-state index contributed by atoms with van der Waals surface area (Å²) in [6.07, 6.45) is 13.3. The number of ether oxygens (including phenoxy) is 1. The number of benzene rings is 1. The highest BCUT2D eigenvalue weighted by Gasteiger charge is 2.33. The fourth-order valence-electron chi connectivity index (χ4n) is 3.99. The lowest BCUT2D eigenvalue weighted by molar-refractivity contribution is -0.149. The zero-order valence-corrected chi connectivity index (χ0v) is 18.8. The van der Waals surface area contributed by atoms with E-state index in [1.165, 1.54) is 55.8 Å². The molecular formula is C26H33NO5. The Morgan fingerprint density at radius 3 is 2.62 bits per heavy atom. The molecule has 1 N–H and O–H groups in total. The molecule has 0 saturated carbocycles. The van der Waals surface area contributed by atoms with Gasteiger partial charge in [0.15, 0.2) is 0 Å². The summed E-state index contributed by atoms with van der Waals surface area (Å²) in [7, 11) is 0. The summed E-state index contributed by atoms with van der Waals surface area (Å²) >= 11 is 0. The van der Waals surface area contributed by atoms with Crippen LogP contribution in [0.3, 0.4) is 0 Å². The van der Waals surface area contributed by atoms with Crippen LogP contribution in [0.25, 0.3) is 6.08 Å². The van der Waals surface area contributed by atoms with Gasteiger partial charge in [0.25, 0.3) is 0 Å². The molecule has 172 valence electrons. The van der Waals surface area contributed by atoms with Gasteiger partial charge in [-0.1, -0.05) is 51.5 Å². The highest BCUT2D eigenvalue weighted by atomic mass is 16.5. The average Bonchev–Trinajstić information content (AvgIpc) is 3.32. The minimum Gasteiger partial charge on any atom is -0.494 e. The lowest BCUT2D eigenvalue weighted by Gasteiger charge is -2.34. The van der Waals surface area contributed by atoms with Gasteiger partial charge in [-0.3, -0.25) is 4.79 Å². The van der Waals surface area contributed by atoms with Crippen molar-refractivity contribution in [1.29, 1.82) is 0 Å². The van der Waals surface area contributed by atoms with E-state index in [9.17, 15) is 14.7 Å². The molecular weight excluding hydrogens is 406 g/mol. The average molecular weight is 440 g/mol. The molecule has 0 aliphatic carbocycles. The zero-order valence-electron chi connectivity index (χ0n) is 18.8. The third-order valence-electron chi connectivity index (χ3n) is 5.83. The number of carboxylic acids is 1. The molecule has 1 atom stereocenters. The summed E-state index contributed by atoms with van der Waals surface area (Å²) < 4.78 is 11.1. The summed E-state index contributed by atoms with van der Waals surface area (Å²) in [5, 5.41) is 9.66. The maximum absolute atomic E-state index is 12.7. The molecule has 2 heterocycles. The van der Waals surface area contributed by atoms with E-state index in [-0.39, 0.29) is 18.9 Å². The van der Waals surface area contributed by atoms with Crippen LogP contribution in [0.4, 0.5) is 0 Å². The molecule has 1 aliphatic heterocycles. The summed E-state index contributed by atoms with van der Waals surface area (Å²) in [6, 6.07) is 8.33. The standard InChI is InChI=1S/C26H33NO5/c1-2-3-4-5-6-7-8-15-32-23-12-11-20-18-24(26(29)30)27(19-21(20)17-23)25(28)14-13-22-10-9-16-31-22/h9-14,16-17,24H,2-8,15,18-19H2,1H3,(H,29,30)/b14-13+/t24-/m0/s1. The van der Waals surface area contributed by atoms with Crippen LogP contribution in [0.5, 0.6) is 5.75 Å². The van der Waals surface area contributed by atoms with E-state index in [0.717, 1.165) is 23.3 Å². The van der Waals surface area contributed by atoms with E-state index in [1.807, 2.05) is 18.2 Å².